The lowest BCUT2D eigenvalue weighted by Crippen LogP contribution is -1.96. The Morgan fingerprint density at radius 3 is 1.89 bits per heavy atom. The highest BCUT2D eigenvalue weighted by Crippen LogP contribution is 2.40. The molecule has 0 bridgehead atoms. The van der Waals surface area contributed by atoms with Crippen LogP contribution in [0.1, 0.15) is 0 Å². The molecule has 44 heavy (non-hydrogen) atoms. The molecule has 9 rings (SSSR count). The molecule has 0 spiro atoms. The SMILES string of the molecule is c1ccc(-c2cc(-c3cccc4oc5cc(-c6ccc7oc8ccccc8c7c6)ccc5c34)nc(-c3ccccc3)n2)cc1. The highest BCUT2D eigenvalue weighted by Gasteiger charge is 2.17. The third-order valence-corrected chi connectivity index (χ3v) is 8.31. The van der Waals surface area contributed by atoms with Crippen molar-refractivity contribution >= 4 is 43.9 Å². The Labute approximate surface area is 252 Å². The van der Waals surface area contributed by atoms with Crippen molar-refractivity contribution in [3.8, 4) is 45.0 Å². The molecule has 6 aromatic carbocycles. The van der Waals surface area contributed by atoms with Crippen molar-refractivity contribution in [3.05, 3.63) is 146 Å². The molecule has 9 aromatic rings. The maximum Gasteiger partial charge on any atom is 0.160 e. The first kappa shape index (κ1) is 24.6. The highest BCUT2D eigenvalue weighted by atomic mass is 16.3. The predicted molar refractivity (Wildman–Crippen MR) is 178 cm³/mol. The van der Waals surface area contributed by atoms with Crippen LogP contribution in [0.3, 0.4) is 0 Å². The fourth-order valence-electron chi connectivity index (χ4n) is 6.18. The highest BCUT2D eigenvalue weighted by molar-refractivity contribution is 6.13. The van der Waals surface area contributed by atoms with Crippen LogP contribution >= 0.6 is 0 Å². The number of benzene rings is 6. The van der Waals surface area contributed by atoms with Gasteiger partial charge in [-0.1, -0.05) is 103 Å². The van der Waals surface area contributed by atoms with E-state index in [9.17, 15) is 0 Å². The summed E-state index contributed by atoms with van der Waals surface area (Å²) in [6.45, 7) is 0. The summed E-state index contributed by atoms with van der Waals surface area (Å²) in [5, 5.41) is 4.32. The fraction of sp³-hybridized carbons (Fsp3) is 0. The Kier molecular flexibility index (Phi) is 5.47. The molecule has 0 unspecified atom stereocenters. The summed E-state index contributed by atoms with van der Waals surface area (Å²) in [4.78, 5) is 10.1. The first-order valence-electron chi connectivity index (χ1n) is 14.7. The van der Waals surface area contributed by atoms with Gasteiger partial charge in [0.05, 0.1) is 11.4 Å². The fourth-order valence-corrected chi connectivity index (χ4v) is 6.18. The zero-order chi connectivity index (χ0) is 29.0. The summed E-state index contributed by atoms with van der Waals surface area (Å²) in [5.74, 6) is 0.691. The molecule has 0 fully saturated rings. The van der Waals surface area contributed by atoms with E-state index < -0.39 is 0 Å². The lowest BCUT2D eigenvalue weighted by molar-refractivity contribution is 0.669. The van der Waals surface area contributed by atoms with Crippen LogP contribution in [0.4, 0.5) is 0 Å². The van der Waals surface area contributed by atoms with Crippen LogP contribution in [-0.4, -0.2) is 9.97 Å². The number of nitrogens with zero attached hydrogens (tertiary/aromatic N) is 2. The quantitative estimate of drug-likeness (QED) is 0.213. The summed E-state index contributed by atoms with van der Waals surface area (Å²) < 4.78 is 12.5. The van der Waals surface area contributed by atoms with Crippen molar-refractivity contribution in [3.63, 3.8) is 0 Å². The summed E-state index contributed by atoms with van der Waals surface area (Å²) in [5.41, 5.74) is 10.4. The van der Waals surface area contributed by atoms with E-state index in [2.05, 4.69) is 66.7 Å². The van der Waals surface area contributed by atoms with Crippen LogP contribution in [0.15, 0.2) is 154 Å². The Bertz CT molecular complexity index is 2430. The molecule has 3 heterocycles. The Morgan fingerprint density at radius 1 is 0.364 bits per heavy atom. The van der Waals surface area contributed by atoms with E-state index in [1.54, 1.807) is 0 Å². The molecule has 206 valence electrons. The second-order valence-electron chi connectivity index (χ2n) is 11.0. The van der Waals surface area contributed by atoms with Crippen molar-refractivity contribution in [2.75, 3.05) is 0 Å². The largest absolute Gasteiger partial charge is 0.456 e. The Hall–Kier alpha value is -6.00. The smallest absolute Gasteiger partial charge is 0.160 e. The van der Waals surface area contributed by atoms with Crippen LogP contribution < -0.4 is 0 Å². The van der Waals surface area contributed by atoms with Gasteiger partial charge < -0.3 is 8.83 Å². The molecule has 0 saturated heterocycles. The predicted octanol–water partition coefficient (Wildman–Crippen LogP) is 10.9. The molecular formula is C40H24N2O2. The molecule has 0 N–H and O–H groups in total. The van der Waals surface area contributed by atoms with Gasteiger partial charge in [-0.3, -0.25) is 0 Å². The van der Waals surface area contributed by atoms with E-state index in [4.69, 9.17) is 18.8 Å². The van der Waals surface area contributed by atoms with Gasteiger partial charge in [-0.2, -0.15) is 0 Å². The number of rotatable bonds is 4. The second kappa shape index (κ2) is 9.79. The second-order valence-corrected chi connectivity index (χ2v) is 11.0. The minimum absolute atomic E-state index is 0.691. The zero-order valence-corrected chi connectivity index (χ0v) is 23.6. The molecule has 4 nitrogen and oxygen atoms in total. The van der Waals surface area contributed by atoms with Gasteiger partial charge in [0.1, 0.15) is 22.3 Å². The summed E-state index contributed by atoms with van der Waals surface area (Å²) in [6.07, 6.45) is 0. The molecular weight excluding hydrogens is 540 g/mol. The van der Waals surface area contributed by atoms with Gasteiger partial charge in [-0.05, 0) is 53.6 Å². The Morgan fingerprint density at radius 2 is 1.02 bits per heavy atom. The molecule has 0 amide bonds. The van der Waals surface area contributed by atoms with Gasteiger partial charge in [0, 0.05) is 38.2 Å². The molecule has 4 heteroatoms. The van der Waals surface area contributed by atoms with E-state index >= 15 is 0 Å². The number of hydrogen-bond donors (Lipinski definition) is 0. The van der Waals surface area contributed by atoms with E-state index in [0.717, 1.165) is 83.1 Å². The third-order valence-electron chi connectivity index (χ3n) is 8.31. The van der Waals surface area contributed by atoms with Crippen LogP contribution in [0.5, 0.6) is 0 Å². The van der Waals surface area contributed by atoms with Gasteiger partial charge in [0.15, 0.2) is 5.82 Å². The average Bonchev–Trinajstić information content (AvgIpc) is 3.66. The number of furan rings is 2. The van der Waals surface area contributed by atoms with Crippen molar-refractivity contribution in [1.82, 2.24) is 9.97 Å². The third kappa shape index (κ3) is 4.00. The lowest BCUT2D eigenvalue weighted by Gasteiger charge is -2.10. The molecule has 0 radical (unpaired) electrons. The molecule has 0 saturated carbocycles. The maximum atomic E-state index is 6.49. The molecule has 0 aliphatic rings. The van der Waals surface area contributed by atoms with Gasteiger partial charge >= 0.3 is 0 Å². The Balaban J connectivity index is 1.21. The molecule has 0 aliphatic carbocycles. The summed E-state index contributed by atoms with van der Waals surface area (Å²) >= 11 is 0. The summed E-state index contributed by atoms with van der Waals surface area (Å²) in [6, 6.07) is 49.6. The monoisotopic (exact) mass is 564 g/mol. The lowest BCUT2D eigenvalue weighted by atomic mass is 9.99. The zero-order valence-electron chi connectivity index (χ0n) is 23.6. The number of aromatic nitrogens is 2. The van der Waals surface area contributed by atoms with Gasteiger partial charge in [-0.25, -0.2) is 9.97 Å². The normalized spacial score (nSPS) is 11.6. The minimum atomic E-state index is 0.691. The van der Waals surface area contributed by atoms with Crippen LogP contribution in [-0.2, 0) is 0 Å². The van der Waals surface area contributed by atoms with Crippen molar-refractivity contribution < 1.29 is 8.83 Å². The number of hydrogen-bond acceptors (Lipinski definition) is 4. The van der Waals surface area contributed by atoms with E-state index in [1.165, 1.54) is 0 Å². The van der Waals surface area contributed by atoms with Crippen LogP contribution in [0, 0.1) is 0 Å². The number of para-hydroxylation sites is 1. The van der Waals surface area contributed by atoms with Crippen molar-refractivity contribution in [1.29, 1.82) is 0 Å². The maximum absolute atomic E-state index is 6.49. The first-order chi connectivity index (χ1) is 21.8. The van der Waals surface area contributed by atoms with E-state index in [1.807, 2.05) is 78.9 Å². The van der Waals surface area contributed by atoms with Gasteiger partial charge in [-0.15, -0.1) is 0 Å². The summed E-state index contributed by atoms with van der Waals surface area (Å²) in [7, 11) is 0. The topological polar surface area (TPSA) is 52.1 Å². The van der Waals surface area contributed by atoms with E-state index in [0.29, 0.717) is 5.82 Å². The van der Waals surface area contributed by atoms with Crippen LogP contribution in [0.2, 0.25) is 0 Å². The standard InChI is InChI=1S/C40H24N2O2/c1-3-10-25(11-4-1)33-24-34(42-40(41-33)26-12-5-2-6-13-26)30-15-9-17-37-39(30)31-20-18-28(23-38(31)44-37)27-19-21-36-32(22-27)29-14-7-8-16-35(29)43-36/h1-24H. The minimum Gasteiger partial charge on any atom is -0.456 e. The molecule has 0 aliphatic heterocycles. The first-order valence-corrected chi connectivity index (χ1v) is 14.7. The van der Waals surface area contributed by atoms with Gasteiger partial charge in [0.25, 0.3) is 0 Å². The number of fused-ring (bicyclic) bond motifs is 6. The van der Waals surface area contributed by atoms with E-state index in [-0.39, 0.29) is 0 Å². The molecule has 3 aromatic heterocycles. The van der Waals surface area contributed by atoms with Crippen molar-refractivity contribution in [2.24, 2.45) is 0 Å². The van der Waals surface area contributed by atoms with Crippen molar-refractivity contribution in [2.45, 2.75) is 0 Å². The molecule has 0 atom stereocenters. The van der Waals surface area contributed by atoms with Crippen LogP contribution in [0.25, 0.3) is 88.9 Å². The van der Waals surface area contributed by atoms with Gasteiger partial charge in [0.2, 0.25) is 0 Å². The average molecular weight is 565 g/mol.